The van der Waals surface area contributed by atoms with Crippen molar-refractivity contribution in [2.75, 3.05) is 37.4 Å². The Morgan fingerprint density at radius 3 is 2.86 bits per heavy atom. The monoisotopic (exact) mass is 399 g/mol. The smallest absolute Gasteiger partial charge is 0.229 e. The van der Waals surface area contributed by atoms with E-state index in [4.69, 9.17) is 9.47 Å². The van der Waals surface area contributed by atoms with Crippen LogP contribution in [0.2, 0.25) is 0 Å². The first kappa shape index (κ1) is 19.4. The Kier molecular flexibility index (Phi) is 5.53. The maximum Gasteiger partial charge on any atom is 0.229 e. The van der Waals surface area contributed by atoms with Crippen molar-refractivity contribution in [2.24, 2.45) is 0 Å². The largest absolute Gasteiger partial charge is 0.486 e. The van der Waals surface area contributed by atoms with Crippen molar-refractivity contribution in [3.8, 4) is 11.5 Å². The second-order valence-corrected chi connectivity index (χ2v) is 7.31. The summed E-state index contributed by atoms with van der Waals surface area (Å²) in [6.07, 6.45) is 3.71. The van der Waals surface area contributed by atoms with Gasteiger partial charge in [-0.2, -0.15) is 4.98 Å². The molecule has 0 fully saturated rings. The number of ether oxygens (including phenoxy) is 2. The average Bonchev–Trinajstić information content (AvgIpc) is 2.92. The van der Waals surface area contributed by atoms with Gasteiger partial charge in [-0.25, -0.2) is 9.37 Å². The molecule has 3 N–H and O–H groups in total. The van der Waals surface area contributed by atoms with E-state index in [-0.39, 0.29) is 11.5 Å². The van der Waals surface area contributed by atoms with Crippen LogP contribution in [0.25, 0.3) is 5.57 Å². The Bertz CT molecular complexity index is 947. The minimum Gasteiger partial charge on any atom is -0.486 e. The van der Waals surface area contributed by atoms with E-state index >= 15 is 4.39 Å². The molecule has 4 rings (SSSR count). The Balaban J connectivity index is 1.77. The molecular weight excluding hydrogens is 373 g/mol. The van der Waals surface area contributed by atoms with Gasteiger partial charge in [-0.05, 0) is 32.3 Å². The number of hydrogen-bond donors (Lipinski definition) is 3. The average molecular weight is 399 g/mol. The van der Waals surface area contributed by atoms with Crippen LogP contribution in [-0.4, -0.2) is 42.8 Å². The van der Waals surface area contributed by atoms with Gasteiger partial charge in [0, 0.05) is 37.5 Å². The first-order chi connectivity index (χ1) is 14.0. The normalized spacial score (nSPS) is 18.6. The Labute approximate surface area is 169 Å². The van der Waals surface area contributed by atoms with Gasteiger partial charge < -0.3 is 25.4 Å². The molecule has 0 spiro atoms. The lowest BCUT2D eigenvalue weighted by Crippen LogP contribution is -2.24. The van der Waals surface area contributed by atoms with E-state index in [0.29, 0.717) is 54.6 Å². The molecule has 0 saturated carbocycles. The van der Waals surface area contributed by atoms with Gasteiger partial charge in [0.2, 0.25) is 5.95 Å². The number of allylic oxidation sites excluding steroid dienone is 1. The third kappa shape index (κ3) is 4.12. The molecule has 1 aromatic carbocycles. The summed E-state index contributed by atoms with van der Waals surface area (Å²) in [6, 6.07) is 3.82. The SMILES string of the molecule is CNc1cc(C)nc(Nc2cc3c(c(C4=CCN[C@@H](C)CC4)c2F)OCCO3)n1. The topological polar surface area (TPSA) is 80.3 Å². The van der Waals surface area contributed by atoms with Crippen molar-refractivity contribution in [3.05, 3.63) is 35.3 Å². The minimum atomic E-state index is -0.383. The summed E-state index contributed by atoms with van der Waals surface area (Å²) in [5.41, 5.74) is 2.42. The highest BCUT2D eigenvalue weighted by atomic mass is 19.1. The van der Waals surface area contributed by atoms with Crippen LogP contribution in [0, 0.1) is 12.7 Å². The predicted octanol–water partition coefficient (Wildman–Crippen LogP) is 3.64. The number of anilines is 3. The number of fused-ring (bicyclic) bond motifs is 1. The summed E-state index contributed by atoms with van der Waals surface area (Å²) in [5, 5.41) is 9.42. The van der Waals surface area contributed by atoms with E-state index in [2.05, 4.69) is 32.8 Å². The highest BCUT2D eigenvalue weighted by Crippen LogP contribution is 2.44. The van der Waals surface area contributed by atoms with E-state index in [0.717, 1.165) is 24.1 Å². The first-order valence-electron chi connectivity index (χ1n) is 9.90. The lowest BCUT2D eigenvalue weighted by Gasteiger charge is -2.24. The fraction of sp³-hybridized carbons (Fsp3) is 0.429. The molecule has 0 aliphatic carbocycles. The van der Waals surface area contributed by atoms with E-state index in [1.165, 1.54) is 0 Å². The lowest BCUT2D eigenvalue weighted by molar-refractivity contribution is 0.170. The van der Waals surface area contributed by atoms with Gasteiger partial charge in [0.25, 0.3) is 0 Å². The Morgan fingerprint density at radius 2 is 2.03 bits per heavy atom. The number of rotatable bonds is 4. The van der Waals surface area contributed by atoms with Crippen molar-refractivity contribution in [3.63, 3.8) is 0 Å². The first-order valence-corrected chi connectivity index (χ1v) is 9.90. The van der Waals surface area contributed by atoms with E-state index in [9.17, 15) is 0 Å². The molecule has 0 radical (unpaired) electrons. The second-order valence-electron chi connectivity index (χ2n) is 7.31. The summed E-state index contributed by atoms with van der Waals surface area (Å²) in [7, 11) is 1.78. The van der Waals surface area contributed by atoms with Crippen LogP contribution in [0.4, 0.5) is 21.8 Å². The van der Waals surface area contributed by atoms with Crippen molar-refractivity contribution in [1.82, 2.24) is 15.3 Å². The quantitative estimate of drug-likeness (QED) is 0.724. The molecule has 2 aliphatic heterocycles. The molecule has 0 amide bonds. The van der Waals surface area contributed by atoms with Gasteiger partial charge in [0.1, 0.15) is 19.0 Å². The molecule has 1 atom stereocenters. The van der Waals surface area contributed by atoms with Gasteiger partial charge in [0.05, 0.1) is 11.3 Å². The highest BCUT2D eigenvalue weighted by molar-refractivity contribution is 5.79. The predicted molar refractivity (Wildman–Crippen MR) is 112 cm³/mol. The Hall–Kier alpha value is -2.87. The fourth-order valence-corrected chi connectivity index (χ4v) is 3.60. The van der Waals surface area contributed by atoms with Crippen molar-refractivity contribution < 1.29 is 13.9 Å². The van der Waals surface area contributed by atoms with Gasteiger partial charge in [-0.15, -0.1) is 0 Å². The van der Waals surface area contributed by atoms with E-state index in [1.54, 1.807) is 13.1 Å². The molecular formula is C21H26FN5O2. The molecule has 0 bridgehead atoms. The summed E-state index contributed by atoms with van der Waals surface area (Å²) in [6.45, 7) is 5.52. The van der Waals surface area contributed by atoms with Crippen LogP contribution >= 0.6 is 0 Å². The molecule has 7 nitrogen and oxygen atoms in total. The van der Waals surface area contributed by atoms with Gasteiger partial charge >= 0.3 is 0 Å². The molecule has 1 aromatic heterocycles. The number of aromatic nitrogens is 2. The van der Waals surface area contributed by atoms with Gasteiger partial charge in [-0.1, -0.05) is 6.08 Å². The molecule has 8 heteroatoms. The number of halogens is 1. The number of benzene rings is 1. The van der Waals surface area contributed by atoms with Crippen molar-refractivity contribution in [1.29, 1.82) is 0 Å². The van der Waals surface area contributed by atoms with Crippen molar-refractivity contribution in [2.45, 2.75) is 32.7 Å². The third-order valence-corrected chi connectivity index (χ3v) is 5.11. The van der Waals surface area contributed by atoms with Crippen LogP contribution in [0.5, 0.6) is 11.5 Å². The van der Waals surface area contributed by atoms with E-state index in [1.807, 2.05) is 19.1 Å². The van der Waals surface area contributed by atoms with Crippen molar-refractivity contribution >= 4 is 23.0 Å². The summed E-state index contributed by atoms with van der Waals surface area (Å²) < 4.78 is 27.3. The Morgan fingerprint density at radius 1 is 1.21 bits per heavy atom. The lowest BCUT2D eigenvalue weighted by atomic mass is 9.97. The van der Waals surface area contributed by atoms with Gasteiger partial charge in [-0.3, -0.25) is 0 Å². The molecule has 0 unspecified atom stereocenters. The summed E-state index contributed by atoms with van der Waals surface area (Å²) in [4.78, 5) is 8.74. The maximum absolute atomic E-state index is 15.7. The molecule has 2 aliphatic rings. The molecule has 154 valence electrons. The zero-order valence-electron chi connectivity index (χ0n) is 16.9. The number of nitrogens with one attached hydrogen (secondary N) is 3. The van der Waals surface area contributed by atoms with Gasteiger partial charge in [0.15, 0.2) is 17.3 Å². The fourth-order valence-electron chi connectivity index (χ4n) is 3.60. The minimum absolute atomic E-state index is 0.267. The van der Waals surface area contributed by atoms with Crippen LogP contribution in [-0.2, 0) is 0 Å². The highest BCUT2D eigenvalue weighted by Gasteiger charge is 2.27. The maximum atomic E-state index is 15.7. The van der Waals surface area contributed by atoms with E-state index < -0.39 is 0 Å². The van der Waals surface area contributed by atoms with Crippen LogP contribution in [0.15, 0.2) is 18.2 Å². The molecule has 29 heavy (non-hydrogen) atoms. The summed E-state index contributed by atoms with van der Waals surface area (Å²) in [5.74, 6) is 1.60. The van der Waals surface area contributed by atoms with Crippen LogP contribution < -0.4 is 25.4 Å². The third-order valence-electron chi connectivity index (χ3n) is 5.11. The molecule has 0 saturated heterocycles. The molecule has 3 heterocycles. The standard InChI is InChI=1S/C21H26FN5O2/c1-12-4-5-14(6-7-24-12)18-19(22)15(11-16-20(18)29-9-8-28-16)26-21-25-13(2)10-17(23-3)27-21/h6,10-12,24H,4-5,7-9H2,1-3H3,(H2,23,25,26,27)/t12-/m0/s1. The van der Waals surface area contributed by atoms with Crippen LogP contribution in [0.3, 0.4) is 0 Å². The summed E-state index contributed by atoms with van der Waals surface area (Å²) >= 11 is 0. The zero-order valence-corrected chi connectivity index (χ0v) is 16.9. The zero-order chi connectivity index (χ0) is 20.4. The second kappa shape index (κ2) is 8.24. The number of aryl methyl sites for hydroxylation is 1. The van der Waals surface area contributed by atoms with Crippen LogP contribution in [0.1, 0.15) is 31.0 Å². The number of nitrogens with zero attached hydrogens (tertiary/aromatic N) is 2. The number of hydrogen-bond acceptors (Lipinski definition) is 7. The molecule has 2 aromatic rings.